The van der Waals surface area contributed by atoms with Crippen molar-refractivity contribution in [3.05, 3.63) is 76.6 Å². The number of nitrogens with zero attached hydrogens (tertiary/aromatic N) is 3. The molecule has 3 aromatic rings. The van der Waals surface area contributed by atoms with Crippen LogP contribution < -0.4 is 5.32 Å². The van der Waals surface area contributed by atoms with Crippen molar-refractivity contribution in [2.45, 2.75) is 45.8 Å². The monoisotopic (exact) mass is 478 g/mol. The highest BCUT2D eigenvalue weighted by Crippen LogP contribution is 2.38. The number of benzene rings is 2. The summed E-state index contributed by atoms with van der Waals surface area (Å²) in [7, 11) is 0. The maximum absolute atomic E-state index is 13.8. The number of aromatic nitrogens is 2. The molecular formula is C26H27FN4O2S. The number of allylic oxidation sites excluding steroid dienone is 1. The predicted molar refractivity (Wildman–Crippen MR) is 132 cm³/mol. The first-order valence-electron chi connectivity index (χ1n) is 11.5. The Morgan fingerprint density at radius 1 is 1.15 bits per heavy atom. The summed E-state index contributed by atoms with van der Waals surface area (Å²) >= 11 is 5.79. The molecule has 2 aromatic carbocycles. The Bertz CT molecular complexity index is 1270. The average molecular weight is 479 g/mol. The van der Waals surface area contributed by atoms with Crippen molar-refractivity contribution >= 4 is 22.9 Å². The molecular weight excluding hydrogens is 451 g/mol. The summed E-state index contributed by atoms with van der Waals surface area (Å²) in [6.07, 6.45) is 2.19. The number of nitrogens with one attached hydrogen (secondary N) is 1. The van der Waals surface area contributed by atoms with E-state index >= 15 is 0 Å². The Hall–Kier alpha value is -3.10. The summed E-state index contributed by atoms with van der Waals surface area (Å²) in [5.41, 5.74) is 5.82. The van der Waals surface area contributed by atoms with Crippen LogP contribution in [-0.2, 0) is 4.74 Å². The van der Waals surface area contributed by atoms with Crippen LogP contribution in [0.3, 0.4) is 0 Å². The van der Waals surface area contributed by atoms with Gasteiger partial charge < -0.3 is 19.5 Å². The Morgan fingerprint density at radius 3 is 2.74 bits per heavy atom. The first-order chi connectivity index (χ1) is 16.4. The zero-order chi connectivity index (χ0) is 23.8. The quantitative estimate of drug-likeness (QED) is 0.497. The first kappa shape index (κ1) is 22.7. The highest BCUT2D eigenvalue weighted by molar-refractivity contribution is 7.80. The lowest BCUT2D eigenvalue weighted by Crippen LogP contribution is -2.48. The Balaban J connectivity index is 1.59. The molecule has 2 aliphatic heterocycles. The van der Waals surface area contributed by atoms with Crippen molar-refractivity contribution in [3.8, 4) is 11.4 Å². The van der Waals surface area contributed by atoms with Gasteiger partial charge in [-0.3, -0.25) is 0 Å². The molecule has 0 saturated carbocycles. The number of hydrogen-bond donors (Lipinski definition) is 1. The fraction of sp³-hybridized carbons (Fsp3) is 0.346. The first-order valence-corrected chi connectivity index (χ1v) is 11.9. The maximum atomic E-state index is 13.8. The fourth-order valence-electron chi connectivity index (χ4n) is 4.54. The lowest BCUT2D eigenvalue weighted by atomic mass is 9.92. The maximum Gasteiger partial charge on any atom is 0.258 e. The van der Waals surface area contributed by atoms with Crippen molar-refractivity contribution in [1.29, 1.82) is 0 Å². The number of ether oxygens (including phenoxy) is 1. The summed E-state index contributed by atoms with van der Waals surface area (Å²) < 4.78 is 25.4. The van der Waals surface area contributed by atoms with Crippen molar-refractivity contribution in [2.24, 2.45) is 0 Å². The van der Waals surface area contributed by atoms with Gasteiger partial charge >= 0.3 is 0 Å². The van der Waals surface area contributed by atoms with Gasteiger partial charge in [0.25, 0.3) is 5.89 Å². The van der Waals surface area contributed by atoms with Crippen LogP contribution in [0.2, 0.25) is 0 Å². The predicted octanol–water partition coefficient (Wildman–Crippen LogP) is 5.33. The molecule has 3 heterocycles. The molecule has 1 fully saturated rings. The number of halogens is 1. The van der Waals surface area contributed by atoms with Crippen LogP contribution in [0.4, 0.5) is 4.39 Å². The van der Waals surface area contributed by atoms with E-state index in [1.807, 2.05) is 6.92 Å². The molecule has 0 radical (unpaired) electrons. The van der Waals surface area contributed by atoms with E-state index in [4.69, 9.17) is 21.5 Å². The molecule has 1 aromatic heterocycles. The van der Waals surface area contributed by atoms with Gasteiger partial charge in [0.05, 0.1) is 24.3 Å². The van der Waals surface area contributed by atoms with E-state index in [1.165, 1.54) is 23.3 Å². The SMILES string of the molecule is CC1=C(c2nc(-c3cccc(F)c3)no2)C(c2ccc(C)c(C)c2)NC(=S)N1CC1CCCO1. The second-order valence-electron chi connectivity index (χ2n) is 8.90. The number of hydrogen-bond acceptors (Lipinski definition) is 5. The van der Waals surface area contributed by atoms with Gasteiger partial charge in [-0.15, -0.1) is 0 Å². The van der Waals surface area contributed by atoms with Crippen LogP contribution in [0.25, 0.3) is 17.0 Å². The van der Waals surface area contributed by atoms with Crippen LogP contribution in [-0.4, -0.2) is 39.4 Å². The molecule has 1 N–H and O–H groups in total. The molecule has 6 nitrogen and oxygen atoms in total. The van der Waals surface area contributed by atoms with E-state index < -0.39 is 0 Å². The van der Waals surface area contributed by atoms with Crippen molar-refractivity contribution in [2.75, 3.05) is 13.2 Å². The molecule has 2 unspecified atom stereocenters. The third-order valence-corrected chi connectivity index (χ3v) is 6.95. The third-order valence-electron chi connectivity index (χ3n) is 6.61. The largest absolute Gasteiger partial charge is 0.376 e. The molecule has 176 valence electrons. The van der Waals surface area contributed by atoms with Gasteiger partial charge in [0.1, 0.15) is 5.82 Å². The van der Waals surface area contributed by atoms with Gasteiger partial charge in [-0.05, 0) is 74.7 Å². The molecule has 0 spiro atoms. The van der Waals surface area contributed by atoms with Crippen LogP contribution in [0, 0.1) is 19.7 Å². The van der Waals surface area contributed by atoms with Gasteiger partial charge in [0, 0.05) is 17.9 Å². The smallest absolute Gasteiger partial charge is 0.258 e. The van der Waals surface area contributed by atoms with E-state index in [0.717, 1.165) is 36.3 Å². The molecule has 1 saturated heterocycles. The molecule has 2 atom stereocenters. The van der Waals surface area contributed by atoms with Gasteiger partial charge in [0.2, 0.25) is 5.82 Å². The molecule has 0 aliphatic carbocycles. The van der Waals surface area contributed by atoms with E-state index in [2.05, 4.69) is 52.4 Å². The summed E-state index contributed by atoms with van der Waals surface area (Å²) in [5.74, 6) is 0.375. The third kappa shape index (κ3) is 4.35. The molecule has 5 rings (SSSR count). The number of thiocarbonyl (C=S) groups is 1. The highest BCUT2D eigenvalue weighted by Gasteiger charge is 2.35. The van der Waals surface area contributed by atoms with Gasteiger partial charge in [0.15, 0.2) is 5.11 Å². The minimum absolute atomic E-state index is 0.125. The highest BCUT2D eigenvalue weighted by atomic mass is 32.1. The summed E-state index contributed by atoms with van der Waals surface area (Å²) in [6, 6.07) is 12.3. The van der Waals surface area contributed by atoms with E-state index in [1.54, 1.807) is 12.1 Å². The standard InChI is InChI=1S/C26H27FN4O2S/c1-15-9-10-18(12-16(15)2)23-22(17(3)31(26(34)28-23)14-21-8-5-11-32-21)25-29-24(30-33-25)19-6-4-7-20(27)13-19/h4,6-7,9-10,12-13,21,23H,5,8,11,14H2,1-3H3,(H,28,34). The Labute approximate surface area is 203 Å². The van der Waals surface area contributed by atoms with Gasteiger partial charge in [-0.25, -0.2) is 4.39 Å². The zero-order valence-electron chi connectivity index (χ0n) is 19.5. The van der Waals surface area contributed by atoms with E-state index in [9.17, 15) is 4.39 Å². The summed E-state index contributed by atoms with van der Waals surface area (Å²) in [4.78, 5) is 6.72. The Kier molecular flexibility index (Phi) is 6.18. The molecule has 8 heteroatoms. The van der Waals surface area contributed by atoms with E-state index in [-0.39, 0.29) is 18.0 Å². The zero-order valence-corrected chi connectivity index (χ0v) is 20.3. The second-order valence-corrected chi connectivity index (χ2v) is 9.29. The summed E-state index contributed by atoms with van der Waals surface area (Å²) in [6.45, 7) is 7.64. The van der Waals surface area contributed by atoms with Crippen LogP contribution in [0.5, 0.6) is 0 Å². The van der Waals surface area contributed by atoms with Crippen molar-refractivity contribution < 1.29 is 13.7 Å². The molecule has 0 amide bonds. The second kappa shape index (κ2) is 9.27. The van der Waals surface area contributed by atoms with Crippen LogP contribution >= 0.6 is 12.2 Å². The van der Waals surface area contributed by atoms with Gasteiger partial charge in [-0.1, -0.05) is 35.5 Å². The minimum Gasteiger partial charge on any atom is -0.376 e. The Morgan fingerprint density at radius 2 is 2.00 bits per heavy atom. The normalized spacial score (nSPS) is 20.7. The topological polar surface area (TPSA) is 63.4 Å². The van der Waals surface area contributed by atoms with Crippen LogP contribution in [0.15, 0.2) is 52.7 Å². The molecule has 2 aliphatic rings. The molecule has 0 bridgehead atoms. The minimum atomic E-state index is -0.348. The lowest BCUT2D eigenvalue weighted by Gasteiger charge is -2.38. The van der Waals surface area contributed by atoms with Crippen molar-refractivity contribution in [1.82, 2.24) is 20.4 Å². The van der Waals surface area contributed by atoms with Crippen molar-refractivity contribution in [3.63, 3.8) is 0 Å². The fourth-order valence-corrected chi connectivity index (χ4v) is 4.87. The molecule has 34 heavy (non-hydrogen) atoms. The number of aryl methyl sites for hydroxylation is 2. The lowest BCUT2D eigenvalue weighted by molar-refractivity contribution is 0.0962. The summed E-state index contributed by atoms with van der Waals surface area (Å²) in [5, 5.41) is 8.29. The van der Waals surface area contributed by atoms with E-state index in [0.29, 0.717) is 28.9 Å². The van der Waals surface area contributed by atoms with Gasteiger partial charge in [-0.2, -0.15) is 4.98 Å². The number of rotatable bonds is 5. The average Bonchev–Trinajstić information content (AvgIpc) is 3.50. The van der Waals surface area contributed by atoms with Crippen LogP contribution in [0.1, 0.15) is 48.4 Å².